The van der Waals surface area contributed by atoms with Gasteiger partial charge in [0.25, 0.3) is 0 Å². The molecule has 0 aliphatic carbocycles. The minimum absolute atomic E-state index is 0.158. The van der Waals surface area contributed by atoms with Crippen molar-refractivity contribution in [1.29, 1.82) is 0 Å². The highest BCUT2D eigenvalue weighted by Crippen LogP contribution is 2.22. The number of aromatic nitrogens is 2. The Balaban J connectivity index is 1.62. The van der Waals surface area contributed by atoms with E-state index in [-0.39, 0.29) is 12.0 Å². The summed E-state index contributed by atoms with van der Waals surface area (Å²) in [5, 5.41) is 2.05. The molecule has 2 aromatic rings. The van der Waals surface area contributed by atoms with Gasteiger partial charge in [-0.15, -0.1) is 11.3 Å². The zero-order valence-electron chi connectivity index (χ0n) is 13.5. The van der Waals surface area contributed by atoms with E-state index in [1.165, 1.54) is 4.88 Å². The molecule has 0 saturated carbocycles. The highest BCUT2D eigenvalue weighted by Gasteiger charge is 2.26. The molecule has 0 bridgehead atoms. The number of nitrogens with zero attached hydrogens (tertiary/aromatic N) is 3. The Morgan fingerprint density at radius 2 is 2.30 bits per heavy atom. The van der Waals surface area contributed by atoms with E-state index in [1.807, 2.05) is 36.3 Å². The van der Waals surface area contributed by atoms with E-state index in [0.29, 0.717) is 26.1 Å². The van der Waals surface area contributed by atoms with E-state index >= 15 is 0 Å². The van der Waals surface area contributed by atoms with Crippen LogP contribution < -0.4 is 0 Å². The van der Waals surface area contributed by atoms with E-state index in [1.54, 1.807) is 11.3 Å². The molecule has 3 heterocycles. The molecule has 2 aromatic heterocycles. The zero-order chi connectivity index (χ0) is 16.2. The van der Waals surface area contributed by atoms with Crippen LogP contribution in [0.5, 0.6) is 0 Å². The maximum Gasteiger partial charge on any atom is 0.223 e. The topological polar surface area (TPSA) is 55.3 Å². The molecule has 6 heteroatoms. The molecular formula is C17H21N3O2S. The largest absolute Gasteiger partial charge is 0.368 e. The van der Waals surface area contributed by atoms with Gasteiger partial charge in [0, 0.05) is 23.5 Å². The quantitative estimate of drug-likeness (QED) is 0.864. The fraction of sp³-hybridized carbons (Fsp3) is 0.471. The fourth-order valence-corrected chi connectivity index (χ4v) is 3.52. The Labute approximate surface area is 140 Å². The summed E-state index contributed by atoms with van der Waals surface area (Å²) in [5.74, 6) is 0.930. The predicted octanol–water partition coefficient (Wildman–Crippen LogP) is 2.69. The summed E-state index contributed by atoms with van der Waals surface area (Å²) in [6, 6.07) is 6.04. The van der Waals surface area contributed by atoms with Crippen molar-refractivity contribution in [3.05, 3.63) is 45.7 Å². The molecule has 23 heavy (non-hydrogen) atoms. The van der Waals surface area contributed by atoms with E-state index in [4.69, 9.17) is 4.74 Å². The molecule has 0 N–H and O–H groups in total. The lowest BCUT2D eigenvalue weighted by Crippen LogP contribution is -2.42. The van der Waals surface area contributed by atoms with Gasteiger partial charge in [0.15, 0.2) is 0 Å². The van der Waals surface area contributed by atoms with Crippen LogP contribution in [0.4, 0.5) is 0 Å². The van der Waals surface area contributed by atoms with Crippen molar-refractivity contribution in [3.63, 3.8) is 0 Å². The summed E-state index contributed by atoms with van der Waals surface area (Å²) in [5.41, 5.74) is 1.79. The number of aryl methyl sites for hydroxylation is 3. The first kappa shape index (κ1) is 16.1. The van der Waals surface area contributed by atoms with Crippen LogP contribution in [0.2, 0.25) is 0 Å². The maximum absolute atomic E-state index is 12.4. The molecule has 1 atom stereocenters. The highest BCUT2D eigenvalue weighted by molar-refractivity contribution is 7.09. The first-order valence-electron chi connectivity index (χ1n) is 7.86. The van der Waals surface area contributed by atoms with Crippen LogP contribution in [0.3, 0.4) is 0 Å². The third-order valence-electron chi connectivity index (χ3n) is 3.90. The highest BCUT2D eigenvalue weighted by atomic mass is 32.1. The second-order valence-electron chi connectivity index (χ2n) is 5.76. The number of morpholine rings is 1. The molecule has 1 fully saturated rings. The monoisotopic (exact) mass is 331 g/mol. The zero-order valence-corrected chi connectivity index (χ0v) is 14.3. The first-order chi connectivity index (χ1) is 11.1. The molecule has 0 radical (unpaired) electrons. The van der Waals surface area contributed by atoms with Crippen molar-refractivity contribution in [2.45, 2.75) is 32.8 Å². The Bertz CT molecular complexity index is 652. The van der Waals surface area contributed by atoms with Gasteiger partial charge < -0.3 is 9.64 Å². The summed E-state index contributed by atoms with van der Waals surface area (Å²) in [4.78, 5) is 24.4. The number of carbonyl (C=O) groups is 1. The predicted molar refractivity (Wildman–Crippen MR) is 89.4 cm³/mol. The van der Waals surface area contributed by atoms with Crippen LogP contribution in [0.15, 0.2) is 23.6 Å². The first-order valence-corrected chi connectivity index (χ1v) is 8.74. The molecule has 5 nitrogen and oxygen atoms in total. The molecule has 1 amide bonds. The number of amides is 1. The molecular weight excluding hydrogens is 310 g/mol. The van der Waals surface area contributed by atoms with E-state index in [0.717, 1.165) is 23.6 Å². The maximum atomic E-state index is 12.4. The van der Waals surface area contributed by atoms with Crippen molar-refractivity contribution < 1.29 is 9.53 Å². The number of hydrogen-bond donors (Lipinski definition) is 0. The minimum atomic E-state index is -0.158. The Morgan fingerprint density at radius 1 is 1.43 bits per heavy atom. The fourth-order valence-electron chi connectivity index (χ4n) is 2.81. The van der Waals surface area contributed by atoms with Crippen LogP contribution in [-0.2, 0) is 16.0 Å². The lowest BCUT2D eigenvalue weighted by molar-refractivity contribution is -0.139. The van der Waals surface area contributed by atoms with Crippen LogP contribution in [0.1, 0.15) is 34.6 Å². The van der Waals surface area contributed by atoms with Gasteiger partial charge in [-0.05, 0) is 37.8 Å². The normalized spacial score (nSPS) is 18.2. The summed E-state index contributed by atoms with van der Waals surface area (Å²) in [7, 11) is 0. The Hall–Kier alpha value is -1.79. The lowest BCUT2D eigenvalue weighted by Gasteiger charge is -2.33. The van der Waals surface area contributed by atoms with E-state index in [2.05, 4.69) is 16.0 Å². The van der Waals surface area contributed by atoms with Crippen molar-refractivity contribution in [2.75, 3.05) is 19.7 Å². The van der Waals surface area contributed by atoms with Crippen LogP contribution in [-0.4, -0.2) is 40.5 Å². The van der Waals surface area contributed by atoms with Gasteiger partial charge in [-0.2, -0.15) is 0 Å². The van der Waals surface area contributed by atoms with Crippen LogP contribution in [0.25, 0.3) is 0 Å². The van der Waals surface area contributed by atoms with Gasteiger partial charge in [-0.25, -0.2) is 9.97 Å². The molecule has 1 aliphatic heterocycles. The van der Waals surface area contributed by atoms with Gasteiger partial charge in [0.05, 0.1) is 18.8 Å². The van der Waals surface area contributed by atoms with E-state index in [9.17, 15) is 4.79 Å². The Kier molecular flexibility index (Phi) is 5.03. The van der Waals surface area contributed by atoms with Crippen molar-refractivity contribution in [3.8, 4) is 0 Å². The molecule has 0 spiro atoms. The average Bonchev–Trinajstić information content (AvgIpc) is 3.05. The van der Waals surface area contributed by atoms with Crippen molar-refractivity contribution >= 4 is 17.2 Å². The molecule has 1 saturated heterocycles. The number of carbonyl (C=O) groups excluding carboxylic acids is 1. The van der Waals surface area contributed by atoms with Crippen LogP contribution in [0, 0.1) is 13.8 Å². The van der Waals surface area contributed by atoms with Gasteiger partial charge in [0.1, 0.15) is 11.9 Å². The van der Waals surface area contributed by atoms with Gasteiger partial charge >= 0.3 is 0 Å². The third kappa shape index (κ3) is 4.14. The number of thiophene rings is 1. The molecule has 122 valence electrons. The lowest BCUT2D eigenvalue weighted by atomic mass is 10.1. The Morgan fingerprint density at radius 3 is 3.04 bits per heavy atom. The van der Waals surface area contributed by atoms with E-state index < -0.39 is 0 Å². The minimum Gasteiger partial charge on any atom is -0.368 e. The molecule has 0 aromatic carbocycles. The second kappa shape index (κ2) is 7.19. The smallest absolute Gasteiger partial charge is 0.223 e. The standard InChI is InChI=1S/C17H21N3O2S/c1-12-10-15(19-13(2)18-12)16-11-20(7-8-22-16)17(21)6-5-14-4-3-9-23-14/h3-4,9-10,16H,5-8,11H2,1-2H3/t16-/m0/s1. The summed E-state index contributed by atoms with van der Waals surface area (Å²) < 4.78 is 5.82. The SMILES string of the molecule is Cc1cc([C@@H]2CN(C(=O)CCc3cccs3)CCO2)nc(C)n1. The van der Waals surface area contributed by atoms with Crippen LogP contribution >= 0.6 is 11.3 Å². The van der Waals surface area contributed by atoms with Crippen molar-refractivity contribution in [1.82, 2.24) is 14.9 Å². The molecule has 1 aliphatic rings. The van der Waals surface area contributed by atoms with Gasteiger partial charge in [-0.1, -0.05) is 6.07 Å². The third-order valence-corrected chi connectivity index (χ3v) is 4.84. The number of hydrogen-bond acceptors (Lipinski definition) is 5. The molecule has 3 rings (SSSR count). The van der Waals surface area contributed by atoms with Gasteiger partial charge in [0.2, 0.25) is 5.91 Å². The second-order valence-corrected chi connectivity index (χ2v) is 6.79. The summed E-state index contributed by atoms with van der Waals surface area (Å²) in [6.07, 6.45) is 1.20. The summed E-state index contributed by atoms with van der Waals surface area (Å²) >= 11 is 1.70. The number of ether oxygens (including phenoxy) is 1. The van der Waals surface area contributed by atoms with Crippen molar-refractivity contribution in [2.24, 2.45) is 0 Å². The molecule has 0 unspecified atom stereocenters. The van der Waals surface area contributed by atoms with Gasteiger partial charge in [-0.3, -0.25) is 4.79 Å². The summed E-state index contributed by atoms with van der Waals surface area (Å²) in [6.45, 7) is 5.60. The average molecular weight is 331 g/mol. The number of rotatable bonds is 4.